The van der Waals surface area contributed by atoms with E-state index in [-0.39, 0.29) is 40.1 Å². The molecule has 3 heterocycles. The number of alkyl halides is 2. The molecule has 262 valence electrons. The highest BCUT2D eigenvalue weighted by atomic mass is 35.5. The van der Waals surface area contributed by atoms with Crippen LogP contribution in [0, 0.1) is 11.2 Å². The summed E-state index contributed by atoms with van der Waals surface area (Å²) in [4.78, 5) is 34.8. The molecule has 2 amide bonds. The van der Waals surface area contributed by atoms with Gasteiger partial charge in [-0.1, -0.05) is 28.8 Å². The Hall–Kier alpha value is -4.33. The van der Waals surface area contributed by atoms with Gasteiger partial charge in [-0.15, -0.1) is 5.10 Å². The molecular formula is C34H38ClF3N6O5. The fourth-order valence-corrected chi connectivity index (χ4v) is 6.72. The summed E-state index contributed by atoms with van der Waals surface area (Å²) in [5, 5.41) is 7.90. The SMILES string of the molecule is CC(C)N(CC(F)F)C(=O)c1cc(F)ccc1Oc1nnc(Cl)c(N2CC3(CC(Oc4cccc5c4CN(C(=O)OC(C)(C)C)C5)C3)C2)n1. The molecule has 1 spiro atoms. The number of benzene rings is 2. The lowest BCUT2D eigenvalue weighted by Crippen LogP contribution is -2.65. The molecule has 1 aliphatic carbocycles. The van der Waals surface area contributed by atoms with Crippen molar-refractivity contribution in [1.29, 1.82) is 0 Å². The first-order valence-corrected chi connectivity index (χ1v) is 16.4. The van der Waals surface area contributed by atoms with Crippen LogP contribution in [0.15, 0.2) is 36.4 Å². The van der Waals surface area contributed by atoms with E-state index in [0.717, 1.165) is 46.8 Å². The number of ether oxygens (including phenoxy) is 3. The molecule has 2 aliphatic heterocycles. The highest BCUT2D eigenvalue weighted by Crippen LogP contribution is 2.52. The summed E-state index contributed by atoms with van der Waals surface area (Å²) < 4.78 is 58.3. The summed E-state index contributed by atoms with van der Waals surface area (Å²) >= 11 is 6.37. The number of nitrogens with zero attached hydrogens (tertiary/aromatic N) is 6. The summed E-state index contributed by atoms with van der Waals surface area (Å²) in [6, 6.07) is 8.28. The standard InChI is InChI=1S/C34H38ClF3N6O5/c1-19(2)44(16-27(37)38)30(45)23-11-21(36)9-10-26(23)48-31-39-29(28(35)40-41-31)43-17-34(18-43)12-22(13-34)47-25-8-6-7-20-14-42(15-24(20)25)32(46)49-33(3,4)5/h6-11,19,22,27H,12-18H2,1-5H3. The van der Waals surface area contributed by atoms with Crippen molar-refractivity contribution in [3.8, 4) is 17.5 Å². The molecule has 0 N–H and O–H groups in total. The normalized spacial score (nSPS) is 16.8. The van der Waals surface area contributed by atoms with Crippen molar-refractivity contribution in [2.75, 3.05) is 24.5 Å². The summed E-state index contributed by atoms with van der Waals surface area (Å²) in [6.07, 6.45) is -1.49. The largest absolute Gasteiger partial charge is 0.490 e. The predicted molar refractivity (Wildman–Crippen MR) is 174 cm³/mol. The van der Waals surface area contributed by atoms with Gasteiger partial charge in [0.2, 0.25) is 0 Å². The van der Waals surface area contributed by atoms with Crippen LogP contribution < -0.4 is 14.4 Å². The van der Waals surface area contributed by atoms with Gasteiger partial charge in [0, 0.05) is 36.7 Å². The first-order chi connectivity index (χ1) is 23.1. The molecule has 2 fully saturated rings. The number of rotatable bonds is 9. The van der Waals surface area contributed by atoms with E-state index in [0.29, 0.717) is 32.0 Å². The van der Waals surface area contributed by atoms with Crippen LogP contribution in [0.1, 0.15) is 68.9 Å². The van der Waals surface area contributed by atoms with Crippen molar-refractivity contribution in [3.05, 3.63) is 64.1 Å². The highest BCUT2D eigenvalue weighted by Gasteiger charge is 2.54. The van der Waals surface area contributed by atoms with Crippen molar-refractivity contribution in [3.63, 3.8) is 0 Å². The first kappa shape index (κ1) is 34.5. The Morgan fingerprint density at radius 1 is 1.08 bits per heavy atom. The lowest BCUT2D eigenvalue weighted by atomic mass is 9.61. The Labute approximate surface area is 287 Å². The summed E-state index contributed by atoms with van der Waals surface area (Å²) in [7, 11) is 0. The first-order valence-electron chi connectivity index (χ1n) is 16.1. The number of anilines is 1. The second-order valence-corrected chi connectivity index (χ2v) is 14.5. The minimum atomic E-state index is -2.77. The van der Waals surface area contributed by atoms with E-state index in [2.05, 4.69) is 15.2 Å². The maximum absolute atomic E-state index is 14.2. The fraction of sp³-hybridized carbons (Fsp3) is 0.500. The Kier molecular flexibility index (Phi) is 9.29. The van der Waals surface area contributed by atoms with Crippen LogP contribution in [0.5, 0.6) is 17.5 Å². The fourth-order valence-electron chi connectivity index (χ4n) is 6.52. The van der Waals surface area contributed by atoms with Gasteiger partial charge in [-0.2, -0.15) is 4.98 Å². The number of fused-ring (bicyclic) bond motifs is 1. The van der Waals surface area contributed by atoms with Crippen LogP contribution in [-0.4, -0.2) is 80.8 Å². The van der Waals surface area contributed by atoms with E-state index in [1.807, 2.05) is 43.9 Å². The third-order valence-electron chi connectivity index (χ3n) is 8.76. The molecule has 0 unspecified atom stereocenters. The van der Waals surface area contributed by atoms with Gasteiger partial charge in [-0.3, -0.25) is 9.69 Å². The molecule has 6 rings (SSSR count). The van der Waals surface area contributed by atoms with Crippen molar-refractivity contribution >= 4 is 29.4 Å². The number of carbonyl (C=O) groups excluding carboxylic acids is 2. The average Bonchev–Trinajstić information content (AvgIpc) is 3.43. The monoisotopic (exact) mass is 702 g/mol. The third-order valence-corrected chi connectivity index (χ3v) is 9.01. The van der Waals surface area contributed by atoms with Gasteiger partial charge < -0.3 is 24.0 Å². The molecule has 0 bridgehead atoms. The zero-order valence-corrected chi connectivity index (χ0v) is 28.6. The number of hydrogen-bond acceptors (Lipinski definition) is 9. The Bertz CT molecular complexity index is 1740. The van der Waals surface area contributed by atoms with Crippen LogP contribution in [0.2, 0.25) is 5.15 Å². The third kappa shape index (κ3) is 7.48. The number of amides is 2. The molecule has 0 radical (unpaired) electrons. The topological polar surface area (TPSA) is 110 Å². The minimum absolute atomic E-state index is 0.00200. The van der Waals surface area contributed by atoms with Crippen molar-refractivity contribution in [2.45, 2.75) is 84.7 Å². The Balaban J connectivity index is 1.08. The lowest BCUT2D eigenvalue weighted by Gasteiger charge is -2.58. The Morgan fingerprint density at radius 2 is 1.82 bits per heavy atom. The van der Waals surface area contributed by atoms with Gasteiger partial charge >= 0.3 is 12.1 Å². The molecule has 0 atom stereocenters. The molecular weight excluding hydrogens is 665 g/mol. The number of halogens is 4. The summed E-state index contributed by atoms with van der Waals surface area (Å²) in [5.74, 6) is -0.559. The predicted octanol–water partition coefficient (Wildman–Crippen LogP) is 6.87. The quantitative estimate of drug-likeness (QED) is 0.236. The van der Waals surface area contributed by atoms with Crippen molar-refractivity contribution < 1.29 is 37.0 Å². The summed E-state index contributed by atoms with van der Waals surface area (Å²) in [5.41, 5.74) is 1.21. The molecule has 2 aromatic carbocycles. The lowest BCUT2D eigenvalue weighted by molar-refractivity contribution is -0.0348. The zero-order valence-electron chi connectivity index (χ0n) is 27.9. The van der Waals surface area contributed by atoms with Gasteiger partial charge in [-0.25, -0.2) is 18.0 Å². The number of aromatic nitrogens is 3. The number of carbonyl (C=O) groups is 2. The molecule has 3 aliphatic rings. The van der Waals surface area contributed by atoms with E-state index in [1.54, 1.807) is 18.7 Å². The minimum Gasteiger partial charge on any atom is -0.490 e. The second-order valence-electron chi connectivity index (χ2n) is 14.1. The number of hydrogen-bond donors (Lipinski definition) is 0. The highest BCUT2D eigenvalue weighted by molar-refractivity contribution is 6.31. The molecule has 11 nitrogen and oxygen atoms in total. The van der Waals surface area contributed by atoms with Crippen molar-refractivity contribution in [1.82, 2.24) is 25.0 Å². The molecule has 1 saturated carbocycles. The average molecular weight is 703 g/mol. The van der Waals surface area contributed by atoms with Crippen LogP contribution in [-0.2, 0) is 17.8 Å². The molecule has 1 aromatic heterocycles. The van der Waals surface area contributed by atoms with E-state index < -0.39 is 36.3 Å². The maximum atomic E-state index is 14.2. The van der Waals surface area contributed by atoms with Gasteiger partial charge in [0.25, 0.3) is 12.3 Å². The van der Waals surface area contributed by atoms with Crippen molar-refractivity contribution in [2.24, 2.45) is 5.41 Å². The maximum Gasteiger partial charge on any atom is 0.410 e. The smallest absolute Gasteiger partial charge is 0.410 e. The van der Waals surface area contributed by atoms with Crippen LogP contribution >= 0.6 is 11.6 Å². The molecule has 1 saturated heterocycles. The van der Waals surface area contributed by atoms with Crippen LogP contribution in [0.4, 0.5) is 23.8 Å². The molecule has 3 aromatic rings. The van der Waals surface area contributed by atoms with Gasteiger partial charge in [0.15, 0.2) is 11.0 Å². The van der Waals surface area contributed by atoms with E-state index >= 15 is 0 Å². The van der Waals surface area contributed by atoms with Gasteiger partial charge in [0.1, 0.15) is 29.0 Å². The molecule has 49 heavy (non-hydrogen) atoms. The second kappa shape index (κ2) is 13.2. The van der Waals surface area contributed by atoms with Crippen LogP contribution in [0.3, 0.4) is 0 Å². The van der Waals surface area contributed by atoms with Gasteiger partial charge in [-0.05, 0) is 77.3 Å². The Morgan fingerprint density at radius 3 is 2.49 bits per heavy atom. The molecule has 15 heteroatoms. The van der Waals surface area contributed by atoms with E-state index in [4.69, 9.17) is 25.8 Å². The van der Waals surface area contributed by atoms with E-state index in [9.17, 15) is 22.8 Å². The van der Waals surface area contributed by atoms with Gasteiger partial charge in [0.05, 0.1) is 18.7 Å². The summed E-state index contributed by atoms with van der Waals surface area (Å²) in [6.45, 7) is 10.1. The van der Waals surface area contributed by atoms with E-state index in [1.165, 1.54) is 6.07 Å². The van der Waals surface area contributed by atoms with Crippen LogP contribution in [0.25, 0.3) is 0 Å². The zero-order chi connectivity index (χ0) is 35.2.